The largest absolute Gasteiger partial charge is 0.370 e. The average Bonchev–Trinajstić information content (AvgIpc) is 2.79. The first-order valence-corrected chi connectivity index (χ1v) is 6.84. The third-order valence-electron chi connectivity index (χ3n) is 2.33. The number of anilines is 3. The van der Waals surface area contributed by atoms with Crippen molar-refractivity contribution in [2.24, 2.45) is 0 Å². The van der Waals surface area contributed by atoms with Crippen LogP contribution in [0.25, 0.3) is 0 Å². The van der Waals surface area contributed by atoms with Crippen LogP contribution in [0.4, 0.5) is 17.6 Å². The molecule has 0 aliphatic carbocycles. The van der Waals surface area contributed by atoms with Gasteiger partial charge in [-0.1, -0.05) is 18.3 Å². The summed E-state index contributed by atoms with van der Waals surface area (Å²) in [6.07, 6.45) is 1.00. The lowest BCUT2D eigenvalue weighted by molar-refractivity contribution is 0.964. The van der Waals surface area contributed by atoms with E-state index in [2.05, 4.69) is 32.5 Å². The molecule has 0 aliphatic rings. The molecule has 0 aliphatic heterocycles. The Bertz CT molecular complexity index is 593. The molecule has 0 bridgehead atoms. The lowest BCUT2D eigenvalue weighted by atomic mass is 10.4. The topological polar surface area (TPSA) is 109 Å². The van der Waals surface area contributed by atoms with Gasteiger partial charge in [-0.3, -0.25) is 4.79 Å². The Morgan fingerprint density at radius 2 is 2.11 bits per heavy atom. The second kappa shape index (κ2) is 6.19. The van der Waals surface area contributed by atoms with E-state index in [9.17, 15) is 4.79 Å². The number of nitrogens with two attached hydrogens (primary N) is 1. The first kappa shape index (κ1) is 13.3. The lowest BCUT2D eigenvalue weighted by Crippen LogP contribution is -2.09. The minimum Gasteiger partial charge on any atom is -0.370 e. The van der Waals surface area contributed by atoms with Gasteiger partial charge in [-0.25, -0.2) is 0 Å². The summed E-state index contributed by atoms with van der Waals surface area (Å²) in [7, 11) is 0. The van der Waals surface area contributed by atoms with Crippen molar-refractivity contribution in [3.05, 3.63) is 26.8 Å². The molecule has 0 fully saturated rings. The molecule has 0 atom stereocenters. The standard InChI is InChI=1S/C11H16N6OS/c1-2-3-13-8-4-9(17-10(12)16-8)14-5-7-6-19-11(18)15-7/h4,6H,2-3,5H2,1H3,(H,15,18)(H4,12,13,14,16,17). The maximum atomic E-state index is 11.0. The average molecular weight is 280 g/mol. The molecule has 8 heteroatoms. The third kappa shape index (κ3) is 3.95. The van der Waals surface area contributed by atoms with Gasteiger partial charge in [0.15, 0.2) is 0 Å². The van der Waals surface area contributed by atoms with Crippen molar-refractivity contribution in [2.45, 2.75) is 19.9 Å². The molecule has 0 spiro atoms. The van der Waals surface area contributed by atoms with Gasteiger partial charge in [0.25, 0.3) is 0 Å². The van der Waals surface area contributed by atoms with E-state index >= 15 is 0 Å². The quantitative estimate of drug-likeness (QED) is 0.634. The molecule has 0 saturated carbocycles. The summed E-state index contributed by atoms with van der Waals surface area (Å²) >= 11 is 1.14. The number of thiazole rings is 1. The van der Waals surface area contributed by atoms with Crippen LogP contribution in [0, 0.1) is 0 Å². The second-order valence-corrected chi connectivity index (χ2v) is 4.79. The molecule has 2 aromatic heterocycles. The van der Waals surface area contributed by atoms with Gasteiger partial charge < -0.3 is 21.4 Å². The van der Waals surface area contributed by atoms with Crippen LogP contribution in [-0.4, -0.2) is 21.5 Å². The summed E-state index contributed by atoms with van der Waals surface area (Å²) < 4.78 is 0. The smallest absolute Gasteiger partial charge is 0.304 e. The van der Waals surface area contributed by atoms with Crippen LogP contribution in [-0.2, 0) is 6.54 Å². The zero-order chi connectivity index (χ0) is 13.7. The van der Waals surface area contributed by atoms with E-state index in [1.165, 1.54) is 0 Å². The van der Waals surface area contributed by atoms with Crippen molar-refractivity contribution < 1.29 is 0 Å². The summed E-state index contributed by atoms with van der Waals surface area (Å²) in [4.78, 5) is 21.8. The van der Waals surface area contributed by atoms with E-state index in [0.717, 1.165) is 30.0 Å². The van der Waals surface area contributed by atoms with Gasteiger partial charge in [0.2, 0.25) is 5.95 Å². The van der Waals surface area contributed by atoms with Crippen LogP contribution in [0.1, 0.15) is 19.0 Å². The number of hydrogen-bond donors (Lipinski definition) is 4. The SMILES string of the molecule is CCCNc1cc(NCc2csc(=O)[nH]2)nc(N)n1. The molecule has 0 radical (unpaired) electrons. The zero-order valence-corrected chi connectivity index (χ0v) is 11.4. The van der Waals surface area contributed by atoms with E-state index in [1.54, 1.807) is 11.4 Å². The van der Waals surface area contributed by atoms with Gasteiger partial charge in [-0.15, -0.1) is 0 Å². The summed E-state index contributed by atoms with van der Waals surface area (Å²) in [5, 5.41) is 8.02. The van der Waals surface area contributed by atoms with Gasteiger partial charge >= 0.3 is 4.87 Å². The fraction of sp³-hybridized carbons (Fsp3) is 0.364. The Labute approximate surface area is 114 Å². The first-order chi connectivity index (χ1) is 9.17. The molecule has 2 heterocycles. The van der Waals surface area contributed by atoms with Crippen LogP contribution >= 0.6 is 11.3 Å². The summed E-state index contributed by atoms with van der Waals surface area (Å²) in [6, 6.07) is 1.79. The van der Waals surface area contributed by atoms with E-state index < -0.39 is 0 Å². The van der Waals surface area contributed by atoms with Gasteiger partial charge in [-0.05, 0) is 6.42 Å². The number of nitrogens with one attached hydrogen (secondary N) is 3. The van der Waals surface area contributed by atoms with E-state index in [1.807, 2.05) is 0 Å². The van der Waals surface area contributed by atoms with Gasteiger partial charge in [-0.2, -0.15) is 9.97 Å². The molecule has 19 heavy (non-hydrogen) atoms. The number of rotatable bonds is 6. The van der Waals surface area contributed by atoms with Crippen LogP contribution < -0.4 is 21.2 Å². The fourth-order valence-corrected chi connectivity index (χ4v) is 2.07. The minimum atomic E-state index is -0.0655. The number of aromatic amines is 1. The van der Waals surface area contributed by atoms with Gasteiger partial charge in [0.1, 0.15) is 11.6 Å². The van der Waals surface area contributed by atoms with Crippen molar-refractivity contribution in [1.82, 2.24) is 15.0 Å². The van der Waals surface area contributed by atoms with E-state index in [0.29, 0.717) is 18.2 Å². The molecular weight excluding hydrogens is 264 g/mol. The van der Waals surface area contributed by atoms with Gasteiger partial charge in [0, 0.05) is 23.7 Å². The molecular formula is C11H16N6OS. The normalized spacial score (nSPS) is 10.4. The Hall–Kier alpha value is -2.09. The number of aromatic nitrogens is 3. The second-order valence-electron chi connectivity index (χ2n) is 3.95. The van der Waals surface area contributed by atoms with Crippen molar-refractivity contribution >= 4 is 28.9 Å². The maximum absolute atomic E-state index is 11.0. The Morgan fingerprint density at radius 3 is 2.74 bits per heavy atom. The van der Waals surface area contributed by atoms with Crippen LogP contribution in [0.5, 0.6) is 0 Å². The van der Waals surface area contributed by atoms with Crippen molar-refractivity contribution in [2.75, 3.05) is 22.9 Å². The maximum Gasteiger partial charge on any atom is 0.304 e. The number of nitrogen functional groups attached to an aromatic ring is 1. The molecule has 7 nitrogen and oxygen atoms in total. The lowest BCUT2D eigenvalue weighted by Gasteiger charge is -2.08. The minimum absolute atomic E-state index is 0.0655. The zero-order valence-electron chi connectivity index (χ0n) is 10.6. The molecule has 102 valence electrons. The third-order valence-corrected chi connectivity index (χ3v) is 3.05. The molecule has 0 unspecified atom stereocenters. The molecule has 5 N–H and O–H groups in total. The van der Waals surface area contributed by atoms with Crippen molar-refractivity contribution in [3.63, 3.8) is 0 Å². The highest BCUT2D eigenvalue weighted by Gasteiger charge is 2.03. The van der Waals surface area contributed by atoms with Crippen LogP contribution in [0.3, 0.4) is 0 Å². The van der Waals surface area contributed by atoms with Crippen molar-refractivity contribution in [1.29, 1.82) is 0 Å². The summed E-state index contributed by atoms with van der Waals surface area (Å²) in [5.41, 5.74) is 6.46. The molecule has 0 aromatic carbocycles. The highest BCUT2D eigenvalue weighted by Crippen LogP contribution is 2.13. The van der Waals surface area contributed by atoms with Gasteiger partial charge in [0.05, 0.1) is 6.54 Å². The monoisotopic (exact) mass is 280 g/mol. The summed E-state index contributed by atoms with van der Waals surface area (Å²) in [6.45, 7) is 3.39. The Morgan fingerprint density at radius 1 is 1.37 bits per heavy atom. The Kier molecular flexibility index (Phi) is 4.35. The number of nitrogens with zero attached hydrogens (tertiary/aromatic N) is 2. The van der Waals surface area contributed by atoms with E-state index in [-0.39, 0.29) is 10.8 Å². The predicted octanol–water partition coefficient (Wildman–Crippen LogP) is 1.24. The van der Waals surface area contributed by atoms with Crippen LogP contribution in [0.2, 0.25) is 0 Å². The Balaban J connectivity index is 2.02. The highest BCUT2D eigenvalue weighted by molar-refractivity contribution is 7.07. The van der Waals surface area contributed by atoms with E-state index in [4.69, 9.17) is 5.73 Å². The number of hydrogen-bond acceptors (Lipinski definition) is 7. The number of H-pyrrole nitrogens is 1. The molecule has 2 aromatic rings. The fourth-order valence-electron chi connectivity index (χ4n) is 1.49. The predicted molar refractivity (Wildman–Crippen MR) is 77.5 cm³/mol. The van der Waals surface area contributed by atoms with Crippen molar-refractivity contribution in [3.8, 4) is 0 Å². The first-order valence-electron chi connectivity index (χ1n) is 5.96. The molecule has 0 saturated heterocycles. The summed E-state index contributed by atoms with van der Waals surface area (Å²) in [5.74, 6) is 1.52. The molecule has 0 amide bonds. The highest BCUT2D eigenvalue weighted by atomic mass is 32.1. The van der Waals surface area contributed by atoms with Crippen LogP contribution in [0.15, 0.2) is 16.2 Å². The molecule has 2 rings (SSSR count).